The number of hydrogen-bond donors (Lipinski definition) is 4. The zero-order valence-electron chi connectivity index (χ0n) is 14.9. The standard InChI is InChI=1S/C17H36N2O2S/c1-16(2,7-5-13-20)9-11-18-15(22)19-12-10-17(3,4)8-6-14-21/h20-21H,5-14H2,1-4H3,(H2,18,19,22). The molecule has 0 aromatic rings. The fraction of sp³-hybridized carbons (Fsp3) is 0.941. The monoisotopic (exact) mass is 332 g/mol. The summed E-state index contributed by atoms with van der Waals surface area (Å²) < 4.78 is 0. The Morgan fingerprint density at radius 1 is 0.773 bits per heavy atom. The van der Waals surface area contributed by atoms with Gasteiger partial charge in [-0.2, -0.15) is 0 Å². The molecule has 0 fully saturated rings. The molecule has 0 aliphatic heterocycles. The average molecular weight is 333 g/mol. The highest BCUT2D eigenvalue weighted by molar-refractivity contribution is 7.80. The molecule has 132 valence electrons. The molecular weight excluding hydrogens is 296 g/mol. The maximum absolute atomic E-state index is 8.90. The first-order valence-electron chi connectivity index (χ1n) is 8.46. The minimum atomic E-state index is 0.234. The predicted octanol–water partition coefficient (Wildman–Crippen LogP) is 2.83. The predicted molar refractivity (Wildman–Crippen MR) is 98.0 cm³/mol. The van der Waals surface area contributed by atoms with Gasteiger partial charge in [0.1, 0.15) is 0 Å². The second kappa shape index (κ2) is 11.2. The minimum absolute atomic E-state index is 0.234. The van der Waals surface area contributed by atoms with E-state index in [1.807, 2.05) is 0 Å². The zero-order chi connectivity index (χ0) is 17.1. The normalized spacial score (nSPS) is 12.3. The van der Waals surface area contributed by atoms with Gasteiger partial charge in [0.25, 0.3) is 0 Å². The van der Waals surface area contributed by atoms with E-state index in [1.54, 1.807) is 0 Å². The molecule has 0 aromatic heterocycles. The van der Waals surface area contributed by atoms with E-state index < -0.39 is 0 Å². The molecule has 22 heavy (non-hydrogen) atoms. The van der Waals surface area contributed by atoms with Crippen molar-refractivity contribution in [3.05, 3.63) is 0 Å². The summed E-state index contributed by atoms with van der Waals surface area (Å²) in [4.78, 5) is 0. The van der Waals surface area contributed by atoms with Gasteiger partial charge in [0, 0.05) is 26.3 Å². The summed E-state index contributed by atoms with van der Waals surface area (Å²) in [6, 6.07) is 0. The van der Waals surface area contributed by atoms with Crippen LogP contribution < -0.4 is 10.6 Å². The Balaban J connectivity index is 3.78. The van der Waals surface area contributed by atoms with Crippen LogP contribution in [0, 0.1) is 10.8 Å². The summed E-state index contributed by atoms with van der Waals surface area (Å²) in [6.07, 6.45) is 5.86. The van der Waals surface area contributed by atoms with Gasteiger partial charge in [0.15, 0.2) is 5.11 Å². The van der Waals surface area contributed by atoms with Gasteiger partial charge in [-0.05, 0) is 61.6 Å². The molecule has 0 atom stereocenters. The number of nitrogens with one attached hydrogen (secondary N) is 2. The molecule has 0 spiro atoms. The van der Waals surface area contributed by atoms with Crippen molar-refractivity contribution in [2.45, 2.75) is 66.2 Å². The van der Waals surface area contributed by atoms with Crippen molar-refractivity contribution in [3.63, 3.8) is 0 Å². The van der Waals surface area contributed by atoms with Crippen LogP contribution in [0.1, 0.15) is 66.2 Å². The van der Waals surface area contributed by atoms with Gasteiger partial charge in [0.2, 0.25) is 0 Å². The largest absolute Gasteiger partial charge is 0.396 e. The summed E-state index contributed by atoms with van der Waals surface area (Å²) in [5, 5.41) is 25.0. The van der Waals surface area contributed by atoms with Crippen LogP contribution in [0.25, 0.3) is 0 Å². The SMILES string of the molecule is CC(C)(CCCO)CCNC(=S)NCCC(C)(C)CCCO. The van der Waals surface area contributed by atoms with Crippen molar-refractivity contribution >= 4 is 17.3 Å². The van der Waals surface area contributed by atoms with E-state index in [0.29, 0.717) is 0 Å². The zero-order valence-corrected chi connectivity index (χ0v) is 15.7. The van der Waals surface area contributed by atoms with E-state index in [9.17, 15) is 0 Å². The van der Waals surface area contributed by atoms with Gasteiger partial charge < -0.3 is 20.8 Å². The van der Waals surface area contributed by atoms with E-state index in [2.05, 4.69) is 38.3 Å². The summed E-state index contributed by atoms with van der Waals surface area (Å²) in [7, 11) is 0. The van der Waals surface area contributed by atoms with Gasteiger partial charge in [-0.15, -0.1) is 0 Å². The van der Waals surface area contributed by atoms with E-state index in [1.165, 1.54) is 0 Å². The molecule has 0 aliphatic rings. The topological polar surface area (TPSA) is 64.5 Å². The lowest BCUT2D eigenvalue weighted by Crippen LogP contribution is -2.38. The van der Waals surface area contributed by atoms with Gasteiger partial charge >= 0.3 is 0 Å². The number of hydrogen-bond acceptors (Lipinski definition) is 3. The molecule has 0 saturated carbocycles. The molecule has 0 radical (unpaired) electrons. The van der Waals surface area contributed by atoms with Crippen molar-refractivity contribution < 1.29 is 10.2 Å². The van der Waals surface area contributed by atoms with Crippen LogP contribution in [0.5, 0.6) is 0 Å². The van der Waals surface area contributed by atoms with Crippen LogP contribution in [0.15, 0.2) is 0 Å². The van der Waals surface area contributed by atoms with E-state index >= 15 is 0 Å². The molecule has 5 heteroatoms. The highest BCUT2D eigenvalue weighted by Crippen LogP contribution is 2.26. The lowest BCUT2D eigenvalue weighted by Gasteiger charge is -2.26. The fourth-order valence-corrected chi connectivity index (χ4v) is 2.66. The quantitative estimate of drug-likeness (QED) is 0.414. The molecule has 0 unspecified atom stereocenters. The summed E-state index contributed by atoms with van der Waals surface area (Å²) in [5.74, 6) is 0. The third-order valence-electron chi connectivity index (χ3n) is 4.20. The van der Waals surface area contributed by atoms with E-state index in [4.69, 9.17) is 22.4 Å². The third kappa shape index (κ3) is 12.2. The van der Waals surface area contributed by atoms with Crippen molar-refractivity contribution in [2.75, 3.05) is 26.3 Å². The molecule has 0 bridgehead atoms. The number of aliphatic hydroxyl groups excluding tert-OH is 2. The summed E-state index contributed by atoms with van der Waals surface area (Å²) in [5.41, 5.74) is 0.468. The molecule has 0 amide bonds. The Labute approximate surface area is 142 Å². The number of aliphatic hydroxyl groups is 2. The molecule has 0 aliphatic carbocycles. The van der Waals surface area contributed by atoms with Gasteiger partial charge in [0.05, 0.1) is 0 Å². The maximum atomic E-state index is 8.90. The van der Waals surface area contributed by atoms with Crippen molar-refractivity contribution in [1.82, 2.24) is 10.6 Å². The Morgan fingerprint density at radius 3 is 1.45 bits per heavy atom. The van der Waals surface area contributed by atoms with Crippen LogP contribution in [0.2, 0.25) is 0 Å². The van der Waals surface area contributed by atoms with Crippen LogP contribution in [-0.2, 0) is 0 Å². The van der Waals surface area contributed by atoms with Gasteiger partial charge in [-0.3, -0.25) is 0 Å². The first kappa shape index (κ1) is 21.6. The number of rotatable bonds is 12. The van der Waals surface area contributed by atoms with Crippen LogP contribution in [-0.4, -0.2) is 41.6 Å². The molecule has 4 N–H and O–H groups in total. The Morgan fingerprint density at radius 2 is 1.14 bits per heavy atom. The summed E-state index contributed by atoms with van der Waals surface area (Å²) in [6.45, 7) is 11.2. The Hall–Kier alpha value is -0.390. The second-order valence-electron chi connectivity index (χ2n) is 7.67. The lowest BCUT2D eigenvalue weighted by atomic mass is 9.84. The Bertz CT molecular complexity index is 279. The van der Waals surface area contributed by atoms with Gasteiger partial charge in [-0.1, -0.05) is 27.7 Å². The van der Waals surface area contributed by atoms with Gasteiger partial charge in [-0.25, -0.2) is 0 Å². The average Bonchev–Trinajstić information content (AvgIpc) is 2.42. The van der Waals surface area contributed by atoms with Crippen LogP contribution in [0.4, 0.5) is 0 Å². The number of thiocarbonyl (C=S) groups is 1. The lowest BCUT2D eigenvalue weighted by molar-refractivity contribution is 0.232. The first-order valence-corrected chi connectivity index (χ1v) is 8.87. The highest BCUT2D eigenvalue weighted by atomic mass is 32.1. The molecule has 0 rings (SSSR count). The molecule has 0 aromatic carbocycles. The molecule has 0 heterocycles. The molecule has 4 nitrogen and oxygen atoms in total. The first-order chi connectivity index (χ1) is 10.2. The highest BCUT2D eigenvalue weighted by Gasteiger charge is 2.18. The van der Waals surface area contributed by atoms with Crippen LogP contribution in [0.3, 0.4) is 0 Å². The molecular formula is C17H36N2O2S. The minimum Gasteiger partial charge on any atom is -0.396 e. The van der Waals surface area contributed by atoms with Crippen molar-refractivity contribution in [3.8, 4) is 0 Å². The van der Waals surface area contributed by atoms with E-state index in [0.717, 1.165) is 56.7 Å². The molecule has 0 saturated heterocycles. The van der Waals surface area contributed by atoms with Crippen LogP contribution >= 0.6 is 12.2 Å². The second-order valence-corrected chi connectivity index (χ2v) is 8.07. The van der Waals surface area contributed by atoms with Crippen molar-refractivity contribution in [1.29, 1.82) is 0 Å². The third-order valence-corrected chi connectivity index (χ3v) is 4.49. The van der Waals surface area contributed by atoms with E-state index in [-0.39, 0.29) is 24.0 Å². The van der Waals surface area contributed by atoms with Crippen molar-refractivity contribution in [2.24, 2.45) is 10.8 Å². The Kier molecular flexibility index (Phi) is 11.0. The summed E-state index contributed by atoms with van der Waals surface area (Å²) >= 11 is 5.30. The fourth-order valence-electron chi connectivity index (χ4n) is 2.46. The maximum Gasteiger partial charge on any atom is 0.166 e. The smallest absolute Gasteiger partial charge is 0.166 e.